The summed E-state index contributed by atoms with van der Waals surface area (Å²) < 4.78 is 5.69. The molecule has 1 rings (SSSR count). The molecule has 0 radical (unpaired) electrons. The molecular formula is C12H22O2. The molecule has 0 saturated heterocycles. The van der Waals surface area contributed by atoms with Gasteiger partial charge in [-0.25, -0.2) is 0 Å². The van der Waals surface area contributed by atoms with Crippen LogP contribution in [0.2, 0.25) is 0 Å². The molecule has 1 fully saturated rings. The van der Waals surface area contributed by atoms with Crippen LogP contribution in [0.5, 0.6) is 0 Å². The fraction of sp³-hybridized carbons (Fsp3) is 0.833. The molecule has 1 aliphatic rings. The summed E-state index contributed by atoms with van der Waals surface area (Å²) in [6.07, 6.45) is 3.30. The molecule has 0 heterocycles. The van der Waals surface area contributed by atoms with Gasteiger partial charge in [0.2, 0.25) is 0 Å². The van der Waals surface area contributed by atoms with Gasteiger partial charge in [0, 0.05) is 0 Å². The zero-order chi connectivity index (χ0) is 10.7. The van der Waals surface area contributed by atoms with E-state index in [4.69, 9.17) is 4.74 Å². The zero-order valence-electron chi connectivity index (χ0n) is 9.49. The Labute approximate surface area is 87.0 Å². The fourth-order valence-electron chi connectivity index (χ4n) is 1.94. The van der Waals surface area contributed by atoms with Crippen LogP contribution in [0.4, 0.5) is 0 Å². The van der Waals surface area contributed by atoms with Crippen LogP contribution in [0.15, 0.2) is 12.3 Å². The van der Waals surface area contributed by atoms with E-state index in [1.54, 1.807) is 6.92 Å². The topological polar surface area (TPSA) is 29.5 Å². The number of hydrogen-bond donors (Lipinski definition) is 1. The average Bonchev–Trinajstić information content (AvgIpc) is 2.11. The molecule has 1 aliphatic carbocycles. The van der Waals surface area contributed by atoms with E-state index in [1.807, 2.05) is 0 Å². The Balaban J connectivity index is 2.45. The summed E-state index contributed by atoms with van der Waals surface area (Å²) >= 11 is 0. The molecule has 0 aliphatic heterocycles. The molecule has 1 N–H and O–H groups in total. The van der Waals surface area contributed by atoms with Gasteiger partial charge in [0.15, 0.2) is 0 Å². The molecular weight excluding hydrogens is 176 g/mol. The van der Waals surface area contributed by atoms with Crippen LogP contribution in [-0.2, 0) is 4.74 Å². The molecule has 82 valence electrons. The number of aliphatic hydroxyl groups excluding tert-OH is 1. The molecule has 0 spiro atoms. The molecule has 0 bridgehead atoms. The lowest BCUT2D eigenvalue weighted by Crippen LogP contribution is -2.30. The predicted molar refractivity (Wildman–Crippen MR) is 57.9 cm³/mol. The number of ether oxygens (including phenoxy) is 1. The van der Waals surface area contributed by atoms with Gasteiger partial charge in [-0.05, 0) is 31.6 Å². The van der Waals surface area contributed by atoms with Crippen molar-refractivity contribution in [1.82, 2.24) is 0 Å². The van der Waals surface area contributed by atoms with Crippen LogP contribution in [0.25, 0.3) is 0 Å². The first-order valence-electron chi connectivity index (χ1n) is 5.54. The average molecular weight is 198 g/mol. The molecule has 0 aromatic heterocycles. The highest BCUT2D eigenvalue weighted by Gasteiger charge is 2.27. The minimum Gasteiger partial charge on any atom is -0.492 e. The van der Waals surface area contributed by atoms with E-state index in [2.05, 4.69) is 20.4 Å². The summed E-state index contributed by atoms with van der Waals surface area (Å²) in [7, 11) is 0. The Bertz CT molecular complexity index is 198. The number of rotatable bonds is 3. The summed E-state index contributed by atoms with van der Waals surface area (Å²) in [5.41, 5.74) is 0. The molecule has 0 aromatic carbocycles. The van der Waals surface area contributed by atoms with Crippen LogP contribution in [0, 0.1) is 11.8 Å². The molecule has 14 heavy (non-hydrogen) atoms. The van der Waals surface area contributed by atoms with Gasteiger partial charge < -0.3 is 9.84 Å². The number of hydrogen-bond acceptors (Lipinski definition) is 2. The third-order valence-corrected chi connectivity index (χ3v) is 3.15. The molecule has 0 aromatic rings. The van der Waals surface area contributed by atoms with Gasteiger partial charge in [-0.2, -0.15) is 0 Å². The van der Waals surface area contributed by atoms with Gasteiger partial charge in [-0.15, -0.1) is 0 Å². The van der Waals surface area contributed by atoms with E-state index in [-0.39, 0.29) is 6.10 Å². The SMILES string of the molecule is C=C(OC1CC(C)CCC1C)[C@H](C)O. The van der Waals surface area contributed by atoms with Gasteiger partial charge in [0.05, 0.1) is 0 Å². The molecule has 0 amide bonds. The molecule has 2 nitrogen and oxygen atoms in total. The van der Waals surface area contributed by atoms with E-state index in [0.29, 0.717) is 11.7 Å². The minimum atomic E-state index is -0.556. The second kappa shape index (κ2) is 4.83. The highest BCUT2D eigenvalue weighted by atomic mass is 16.5. The first kappa shape index (κ1) is 11.6. The van der Waals surface area contributed by atoms with Gasteiger partial charge in [0.1, 0.15) is 18.0 Å². The van der Waals surface area contributed by atoms with Crippen LogP contribution in [0.3, 0.4) is 0 Å². The summed E-state index contributed by atoms with van der Waals surface area (Å²) in [6.45, 7) is 9.90. The Morgan fingerprint density at radius 2 is 2.07 bits per heavy atom. The lowest BCUT2D eigenvalue weighted by atomic mass is 9.81. The van der Waals surface area contributed by atoms with Gasteiger partial charge in [-0.1, -0.05) is 26.8 Å². The van der Waals surface area contributed by atoms with Crippen molar-refractivity contribution >= 4 is 0 Å². The first-order valence-corrected chi connectivity index (χ1v) is 5.54. The monoisotopic (exact) mass is 198 g/mol. The Morgan fingerprint density at radius 3 is 2.64 bits per heavy atom. The van der Waals surface area contributed by atoms with Crippen LogP contribution in [-0.4, -0.2) is 17.3 Å². The Kier molecular flexibility index (Phi) is 3.99. The van der Waals surface area contributed by atoms with Crippen molar-refractivity contribution in [2.75, 3.05) is 0 Å². The molecule has 1 saturated carbocycles. The van der Waals surface area contributed by atoms with Gasteiger partial charge in [-0.3, -0.25) is 0 Å². The highest BCUT2D eigenvalue weighted by molar-refractivity contribution is 4.92. The summed E-state index contributed by atoms with van der Waals surface area (Å²) in [5, 5.41) is 9.28. The van der Waals surface area contributed by atoms with Crippen molar-refractivity contribution in [2.45, 2.75) is 52.2 Å². The maximum Gasteiger partial charge on any atom is 0.117 e. The van der Waals surface area contributed by atoms with Crippen molar-refractivity contribution < 1.29 is 9.84 Å². The van der Waals surface area contributed by atoms with E-state index in [9.17, 15) is 5.11 Å². The predicted octanol–water partition coefficient (Wildman–Crippen LogP) is 2.72. The second-order valence-corrected chi connectivity index (χ2v) is 4.69. The molecule has 4 atom stereocenters. The van der Waals surface area contributed by atoms with Crippen molar-refractivity contribution in [2.24, 2.45) is 11.8 Å². The molecule has 2 heteroatoms. The van der Waals surface area contributed by atoms with Crippen molar-refractivity contribution in [3.05, 3.63) is 12.3 Å². The minimum absolute atomic E-state index is 0.251. The van der Waals surface area contributed by atoms with Crippen LogP contribution in [0.1, 0.15) is 40.0 Å². The Hall–Kier alpha value is -0.500. The maximum absolute atomic E-state index is 9.28. The van der Waals surface area contributed by atoms with E-state index >= 15 is 0 Å². The molecule has 3 unspecified atom stereocenters. The standard InChI is InChI=1S/C12H22O2/c1-8-5-6-9(2)12(7-8)14-11(4)10(3)13/h8-10,12-13H,4-7H2,1-3H3/t8?,9?,10-,12?/m0/s1. The van der Waals surface area contributed by atoms with Crippen molar-refractivity contribution in [1.29, 1.82) is 0 Å². The van der Waals surface area contributed by atoms with E-state index in [1.165, 1.54) is 12.8 Å². The number of aliphatic hydroxyl groups is 1. The van der Waals surface area contributed by atoms with E-state index in [0.717, 1.165) is 12.3 Å². The lowest BCUT2D eigenvalue weighted by Gasteiger charge is -2.33. The van der Waals surface area contributed by atoms with Crippen LogP contribution >= 0.6 is 0 Å². The second-order valence-electron chi connectivity index (χ2n) is 4.69. The summed E-state index contributed by atoms with van der Waals surface area (Å²) in [5.74, 6) is 1.83. The van der Waals surface area contributed by atoms with Crippen LogP contribution < -0.4 is 0 Å². The smallest absolute Gasteiger partial charge is 0.117 e. The normalized spacial score (nSPS) is 35.0. The zero-order valence-corrected chi connectivity index (χ0v) is 9.49. The third kappa shape index (κ3) is 3.02. The fourth-order valence-corrected chi connectivity index (χ4v) is 1.94. The lowest BCUT2D eigenvalue weighted by molar-refractivity contribution is -0.00219. The highest BCUT2D eigenvalue weighted by Crippen LogP contribution is 2.31. The summed E-state index contributed by atoms with van der Waals surface area (Å²) in [6, 6.07) is 0. The van der Waals surface area contributed by atoms with Crippen molar-refractivity contribution in [3.8, 4) is 0 Å². The summed E-state index contributed by atoms with van der Waals surface area (Å²) in [4.78, 5) is 0. The first-order chi connectivity index (χ1) is 6.50. The van der Waals surface area contributed by atoms with Gasteiger partial charge >= 0.3 is 0 Å². The maximum atomic E-state index is 9.28. The van der Waals surface area contributed by atoms with E-state index < -0.39 is 6.10 Å². The van der Waals surface area contributed by atoms with Crippen molar-refractivity contribution in [3.63, 3.8) is 0 Å². The third-order valence-electron chi connectivity index (χ3n) is 3.15. The van der Waals surface area contributed by atoms with Gasteiger partial charge in [0.25, 0.3) is 0 Å². The quantitative estimate of drug-likeness (QED) is 0.706. The largest absolute Gasteiger partial charge is 0.492 e. The Morgan fingerprint density at radius 1 is 1.43 bits per heavy atom.